The number of nitrogens with one attached hydrogen (secondary N) is 2. The molecule has 8 heteroatoms. The zero-order valence-electron chi connectivity index (χ0n) is 12.2. The zero-order valence-corrected chi connectivity index (χ0v) is 13.8. The van der Waals surface area contributed by atoms with Crippen molar-refractivity contribution in [2.24, 2.45) is 0 Å². The number of anilines is 1. The quantitative estimate of drug-likeness (QED) is 0.622. The molecule has 2 amide bonds. The number of halogens is 1. The summed E-state index contributed by atoms with van der Waals surface area (Å²) in [6.45, 7) is -0.473. The van der Waals surface area contributed by atoms with Crippen LogP contribution in [0.15, 0.2) is 46.9 Å². The van der Waals surface area contributed by atoms with E-state index in [0.717, 1.165) is 0 Å². The third-order valence-corrected chi connectivity index (χ3v) is 3.50. The minimum Gasteiger partial charge on any atom is -0.507 e. The first-order chi connectivity index (χ1) is 11.4. The number of rotatable bonds is 5. The van der Waals surface area contributed by atoms with Crippen LogP contribution in [-0.2, 0) is 4.79 Å². The van der Waals surface area contributed by atoms with Crippen LogP contribution in [0.2, 0.25) is 0 Å². The molecule has 0 fully saturated rings. The van der Waals surface area contributed by atoms with Crippen LogP contribution in [0.4, 0.5) is 5.69 Å². The van der Waals surface area contributed by atoms with Gasteiger partial charge in [-0.05, 0) is 42.5 Å². The van der Waals surface area contributed by atoms with Gasteiger partial charge in [0.15, 0.2) is 0 Å². The first kappa shape index (κ1) is 17.5. The Morgan fingerprint density at radius 1 is 1.00 bits per heavy atom. The Bertz CT molecular complexity index is 790. The van der Waals surface area contributed by atoms with E-state index in [2.05, 4.69) is 26.6 Å². The molecule has 124 valence electrons. The summed E-state index contributed by atoms with van der Waals surface area (Å²) in [5.74, 6) is -2.32. The summed E-state index contributed by atoms with van der Waals surface area (Å²) < 4.78 is 0.649. The fourth-order valence-electron chi connectivity index (χ4n) is 1.85. The number of carbonyl (C=O) groups is 3. The van der Waals surface area contributed by atoms with E-state index in [9.17, 15) is 19.5 Å². The summed E-state index contributed by atoms with van der Waals surface area (Å²) >= 11 is 3.22. The predicted octanol–water partition coefficient (Wildman–Crippen LogP) is 2.22. The van der Waals surface area contributed by atoms with Crippen molar-refractivity contribution in [3.05, 3.63) is 58.1 Å². The van der Waals surface area contributed by atoms with Crippen molar-refractivity contribution in [2.75, 3.05) is 11.9 Å². The van der Waals surface area contributed by atoms with Crippen LogP contribution in [0.25, 0.3) is 0 Å². The largest absolute Gasteiger partial charge is 0.507 e. The first-order valence-electron chi connectivity index (χ1n) is 6.77. The van der Waals surface area contributed by atoms with Crippen molar-refractivity contribution in [2.45, 2.75) is 0 Å². The molecular weight excluding hydrogens is 380 g/mol. The molecule has 0 saturated heterocycles. The van der Waals surface area contributed by atoms with Crippen LogP contribution in [0.3, 0.4) is 0 Å². The number of hydrogen-bond acceptors (Lipinski definition) is 4. The molecule has 0 aliphatic heterocycles. The highest BCUT2D eigenvalue weighted by atomic mass is 79.9. The topological polar surface area (TPSA) is 116 Å². The van der Waals surface area contributed by atoms with Crippen molar-refractivity contribution in [1.29, 1.82) is 0 Å². The number of aromatic hydroxyl groups is 1. The van der Waals surface area contributed by atoms with Gasteiger partial charge in [-0.15, -0.1) is 0 Å². The molecule has 2 aromatic carbocycles. The van der Waals surface area contributed by atoms with Crippen LogP contribution in [-0.4, -0.2) is 34.5 Å². The van der Waals surface area contributed by atoms with Gasteiger partial charge in [-0.25, -0.2) is 0 Å². The third-order valence-electron chi connectivity index (χ3n) is 3.01. The average Bonchev–Trinajstić information content (AvgIpc) is 2.55. The van der Waals surface area contributed by atoms with Crippen LogP contribution in [0.1, 0.15) is 20.7 Å². The number of benzene rings is 2. The van der Waals surface area contributed by atoms with Gasteiger partial charge in [0.25, 0.3) is 11.8 Å². The summed E-state index contributed by atoms with van der Waals surface area (Å²) in [7, 11) is 0. The lowest BCUT2D eigenvalue weighted by atomic mass is 10.1. The monoisotopic (exact) mass is 392 g/mol. The second-order valence-electron chi connectivity index (χ2n) is 4.77. The van der Waals surface area contributed by atoms with Gasteiger partial charge in [0.1, 0.15) is 12.3 Å². The van der Waals surface area contributed by atoms with Gasteiger partial charge in [-0.1, -0.05) is 15.9 Å². The number of carbonyl (C=O) groups excluding carboxylic acids is 2. The van der Waals surface area contributed by atoms with E-state index in [1.807, 2.05) is 0 Å². The Labute approximate surface area is 145 Å². The Hall–Kier alpha value is -2.87. The maximum Gasteiger partial charge on any atom is 0.322 e. The molecule has 0 aliphatic rings. The van der Waals surface area contributed by atoms with Gasteiger partial charge >= 0.3 is 5.97 Å². The molecule has 0 aromatic heterocycles. The third kappa shape index (κ3) is 4.56. The number of hydrogen-bond donors (Lipinski definition) is 4. The molecule has 2 rings (SSSR count). The Morgan fingerprint density at radius 2 is 1.67 bits per heavy atom. The fourth-order valence-corrected chi connectivity index (χ4v) is 2.21. The van der Waals surface area contributed by atoms with Crippen molar-refractivity contribution in [1.82, 2.24) is 5.32 Å². The molecule has 0 unspecified atom stereocenters. The molecule has 0 radical (unpaired) electrons. The lowest BCUT2D eigenvalue weighted by Crippen LogP contribution is -2.29. The number of carboxylic acids is 1. The maximum atomic E-state index is 12.1. The summed E-state index contributed by atoms with van der Waals surface area (Å²) in [5, 5.41) is 23.1. The molecule has 0 heterocycles. The molecule has 4 N–H and O–H groups in total. The normalized spacial score (nSPS) is 10.0. The maximum absolute atomic E-state index is 12.1. The van der Waals surface area contributed by atoms with E-state index in [4.69, 9.17) is 5.11 Å². The molecular formula is C16H13BrN2O5. The predicted molar refractivity (Wildman–Crippen MR) is 90.2 cm³/mol. The van der Waals surface area contributed by atoms with E-state index < -0.39 is 24.3 Å². The van der Waals surface area contributed by atoms with E-state index in [1.54, 1.807) is 6.07 Å². The van der Waals surface area contributed by atoms with Gasteiger partial charge in [0, 0.05) is 15.7 Å². The number of carboxylic acid groups (broad SMARTS) is 1. The summed E-state index contributed by atoms with van der Waals surface area (Å²) in [6.07, 6.45) is 0. The lowest BCUT2D eigenvalue weighted by Gasteiger charge is -2.08. The molecule has 0 bridgehead atoms. The molecule has 24 heavy (non-hydrogen) atoms. The average molecular weight is 393 g/mol. The Morgan fingerprint density at radius 3 is 2.29 bits per heavy atom. The van der Waals surface area contributed by atoms with Crippen LogP contribution >= 0.6 is 15.9 Å². The molecule has 7 nitrogen and oxygen atoms in total. The van der Waals surface area contributed by atoms with Crippen LogP contribution < -0.4 is 10.6 Å². The highest BCUT2D eigenvalue weighted by Gasteiger charge is 2.12. The highest BCUT2D eigenvalue weighted by molar-refractivity contribution is 9.10. The number of amides is 2. The van der Waals surface area contributed by atoms with Gasteiger partial charge in [0.2, 0.25) is 0 Å². The van der Waals surface area contributed by atoms with Gasteiger partial charge in [-0.2, -0.15) is 0 Å². The minimum absolute atomic E-state index is 0.104. The van der Waals surface area contributed by atoms with E-state index >= 15 is 0 Å². The van der Waals surface area contributed by atoms with E-state index in [0.29, 0.717) is 10.2 Å². The van der Waals surface area contributed by atoms with E-state index in [1.165, 1.54) is 36.4 Å². The van der Waals surface area contributed by atoms with Gasteiger partial charge < -0.3 is 20.8 Å². The molecule has 0 atom stereocenters. The zero-order chi connectivity index (χ0) is 17.7. The molecule has 0 spiro atoms. The number of aliphatic carboxylic acids is 1. The minimum atomic E-state index is -1.14. The standard InChI is InChI=1S/C16H13BrN2O5/c17-10-3-6-13(20)12(7-10)16(24)19-11-4-1-9(2-5-11)15(23)18-8-14(21)22/h1-7,20H,8H2,(H,18,23)(H,19,24)(H,21,22). The second-order valence-corrected chi connectivity index (χ2v) is 5.69. The second kappa shape index (κ2) is 7.60. The number of phenols is 1. The Kier molecular flexibility index (Phi) is 5.54. The Balaban J connectivity index is 2.06. The highest BCUT2D eigenvalue weighted by Crippen LogP contribution is 2.23. The van der Waals surface area contributed by atoms with E-state index in [-0.39, 0.29) is 16.9 Å². The summed E-state index contributed by atoms with van der Waals surface area (Å²) in [5.41, 5.74) is 0.793. The summed E-state index contributed by atoms with van der Waals surface area (Å²) in [6, 6.07) is 10.4. The van der Waals surface area contributed by atoms with Crippen LogP contribution in [0, 0.1) is 0 Å². The van der Waals surface area contributed by atoms with Crippen LogP contribution in [0.5, 0.6) is 5.75 Å². The van der Waals surface area contributed by atoms with Gasteiger partial charge in [0.05, 0.1) is 5.56 Å². The molecule has 0 saturated carbocycles. The lowest BCUT2D eigenvalue weighted by molar-refractivity contribution is -0.135. The van der Waals surface area contributed by atoms with Crippen molar-refractivity contribution in [3.63, 3.8) is 0 Å². The van der Waals surface area contributed by atoms with Crippen molar-refractivity contribution in [3.8, 4) is 5.75 Å². The first-order valence-corrected chi connectivity index (χ1v) is 7.56. The summed E-state index contributed by atoms with van der Waals surface area (Å²) in [4.78, 5) is 34.2. The molecule has 0 aliphatic carbocycles. The molecule has 2 aromatic rings. The number of phenolic OH excluding ortho intramolecular Hbond substituents is 1. The van der Waals surface area contributed by atoms with Gasteiger partial charge in [-0.3, -0.25) is 14.4 Å². The fraction of sp³-hybridized carbons (Fsp3) is 0.0625. The van der Waals surface area contributed by atoms with Crippen molar-refractivity contribution >= 4 is 39.4 Å². The van der Waals surface area contributed by atoms with Crippen molar-refractivity contribution < 1.29 is 24.6 Å². The SMILES string of the molecule is O=C(O)CNC(=O)c1ccc(NC(=O)c2cc(Br)ccc2O)cc1. The smallest absolute Gasteiger partial charge is 0.322 e.